The van der Waals surface area contributed by atoms with Crippen molar-refractivity contribution in [3.05, 3.63) is 58.4 Å². The maximum atomic E-state index is 13.1. The van der Waals surface area contributed by atoms with Gasteiger partial charge in [0.05, 0.1) is 23.0 Å². The highest BCUT2D eigenvalue weighted by atomic mass is 32.2. The lowest BCUT2D eigenvalue weighted by Crippen LogP contribution is -2.14. The summed E-state index contributed by atoms with van der Waals surface area (Å²) in [5.41, 5.74) is -0.714. The van der Waals surface area contributed by atoms with Gasteiger partial charge in [-0.05, 0) is 30.3 Å². The van der Waals surface area contributed by atoms with Gasteiger partial charge in [-0.2, -0.15) is 0 Å². The minimum Gasteiger partial charge on any atom is -0.496 e. The maximum absolute atomic E-state index is 13.1. The first-order valence-electron chi connectivity index (χ1n) is 5.94. The van der Waals surface area contributed by atoms with Crippen LogP contribution < -0.4 is 9.46 Å². The number of nitro groups is 1. The van der Waals surface area contributed by atoms with E-state index in [4.69, 9.17) is 4.74 Å². The summed E-state index contributed by atoms with van der Waals surface area (Å²) in [4.78, 5) is 9.94. The van der Waals surface area contributed by atoms with E-state index in [-0.39, 0.29) is 16.3 Å². The van der Waals surface area contributed by atoms with Crippen molar-refractivity contribution in [3.8, 4) is 5.75 Å². The van der Waals surface area contributed by atoms with E-state index >= 15 is 0 Å². The summed E-state index contributed by atoms with van der Waals surface area (Å²) < 4.78 is 44.4. The van der Waals surface area contributed by atoms with Crippen LogP contribution in [-0.4, -0.2) is 20.5 Å². The zero-order valence-electron chi connectivity index (χ0n) is 11.3. The number of ether oxygens (including phenoxy) is 1. The van der Waals surface area contributed by atoms with Crippen LogP contribution in [0.25, 0.3) is 0 Å². The molecule has 2 rings (SSSR count). The molecule has 0 bridgehead atoms. The number of nitrogens with zero attached hydrogens (tertiary/aromatic N) is 1. The molecule has 0 fully saturated rings. The van der Waals surface area contributed by atoms with Crippen LogP contribution in [0, 0.1) is 15.9 Å². The minimum atomic E-state index is -4.15. The summed E-state index contributed by atoms with van der Waals surface area (Å²) in [7, 11) is -2.82. The summed E-state index contributed by atoms with van der Waals surface area (Å²) in [5.74, 6) is -0.521. The fourth-order valence-electron chi connectivity index (χ4n) is 1.71. The Balaban J connectivity index is 2.44. The van der Waals surface area contributed by atoms with E-state index in [2.05, 4.69) is 4.72 Å². The standard InChI is InChI=1S/C13H11FN2O5S/c1-21-10-5-6-12(13(8-10)16(17)18)15-22(19,20)11-4-2-3-9(14)7-11/h2-8,15H,1H3. The highest BCUT2D eigenvalue weighted by Gasteiger charge is 2.22. The largest absolute Gasteiger partial charge is 0.496 e. The number of methoxy groups -OCH3 is 1. The van der Waals surface area contributed by atoms with E-state index in [1.165, 1.54) is 31.4 Å². The molecule has 0 heterocycles. The van der Waals surface area contributed by atoms with Crippen molar-refractivity contribution in [2.24, 2.45) is 0 Å². The fourth-order valence-corrected chi connectivity index (χ4v) is 2.82. The molecule has 7 nitrogen and oxygen atoms in total. The average molecular weight is 326 g/mol. The Hall–Kier alpha value is -2.68. The number of anilines is 1. The molecular formula is C13H11FN2O5S. The number of sulfonamides is 1. The number of nitrogens with one attached hydrogen (secondary N) is 1. The second-order valence-corrected chi connectivity index (χ2v) is 5.89. The average Bonchev–Trinajstić information content (AvgIpc) is 2.47. The molecule has 0 saturated carbocycles. The third kappa shape index (κ3) is 3.31. The number of hydrogen-bond donors (Lipinski definition) is 1. The molecule has 0 aromatic heterocycles. The van der Waals surface area contributed by atoms with Gasteiger partial charge >= 0.3 is 0 Å². The molecule has 0 atom stereocenters. The van der Waals surface area contributed by atoms with E-state index in [0.29, 0.717) is 0 Å². The topological polar surface area (TPSA) is 98.5 Å². The predicted octanol–water partition coefficient (Wildman–Crippen LogP) is 2.54. The Bertz CT molecular complexity index is 823. The first kappa shape index (κ1) is 15.7. The monoisotopic (exact) mass is 326 g/mol. The van der Waals surface area contributed by atoms with Gasteiger partial charge in [-0.15, -0.1) is 0 Å². The van der Waals surface area contributed by atoms with E-state index in [1.807, 2.05) is 0 Å². The molecule has 2 aromatic carbocycles. The lowest BCUT2D eigenvalue weighted by atomic mass is 10.2. The van der Waals surface area contributed by atoms with Crippen LogP contribution in [0.15, 0.2) is 47.4 Å². The zero-order chi connectivity index (χ0) is 16.3. The van der Waals surface area contributed by atoms with Crippen LogP contribution in [0.5, 0.6) is 5.75 Å². The molecule has 0 aliphatic carbocycles. The summed E-state index contributed by atoms with van der Waals surface area (Å²) in [5, 5.41) is 11.0. The number of nitro benzene ring substituents is 1. The van der Waals surface area contributed by atoms with Crippen LogP contribution >= 0.6 is 0 Å². The predicted molar refractivity (Wildman–Crippen MR) is 76.9 cm³/mol. The number of halogens is 1. The zero-order valence-corrected chi connectivity index (χ0v) is 12.1. The molecular weight excluding hydrogens is 315 g/mol. The number of benzene rings is 2. The lowest BCUT2D eigenvalue weighted by Gasteiger charge is -2.09. The Kier molecular flexibility index (Phi) is 4.27. The van der Waals surface area contributed by atoms with Gasteiger partial charge in [0.2, 0.25) is 0 Å². The van der Waals surface area contributed by atoms with Crippen molar-refractivity contribution in [3.63, 3.8) is 0 Å². The molecule has 0 amide bonds. The Labute approximate surface area is 125 Å². The van der Waals surface area contributed by atoms with Crippen molar-refractivity contribution in [1.29, 1.82) is 0 Å². The van der Waals surface area contributed by atoms with E-state index in [0.717, 1.165) is 18.2 Å². The molecule has 0 aliphatic heterocycles. The van der Waals surface area contributed by atoms with Crippen LogP contribution in [-0.2, 0) is 10.0 Å². The van der Waals surface area contributed by atoms with Gasteiger partial charge in [0.25, 0.3) is 15.7 Å². The van der Waals surface area contributed by atoms with Gasteiger partial charge in [0.15, 0.2) is 0 Å². The molecule has 0 unspecified atom stereocenters. The van der Waals surface area contributed by atoms with Gasteiger partial charge in [-0.25, -0.2) is 12.8 Å². The molecule has 1 N–H and O–H groups in total. The Morgan fingerprint density at radius 3 is 2.55 bits per heavy atom. The van der Waals surface area contributed by atoms with Gasteiger partial charge in [0, 0.05) is 0 Å². The summed E-state index contributed by atoms with van der Waals surface area (Å²) in [6, 6.07) is 7.98. The van der Waals surface area contributed by atoms with Crippen LogP contribution in [0.2, 0.25) is 0 Å². The highest BCUT2D eigenvalue weighted by molar-refractivity contribution is 7.92. The molecule has 116 valence electrons. The lowest BCUT2D eigenvalue weighted by molar-refractivity contribution is -0.384. The normalized spacial score (nSPS) is 11.0. The van der Waals surface area contributed by atoms with Crippen LogP contribution in [0.4, 0.5) is 15.8 Å². The third-order valence-corrected chi connectivity index (χ3v) is 4.12. The van der Waals surface area contributed by atoms with Gasteiger partial charge in [0.1, 0.15) is 17.3 Å². The Morgan fingerprint density at radius 1 is 1.23 bits per heavy atom. The minimum absolute atomic E-state index is 0.209. The smallest absolute Gasteiger partial charge is 0.297 e. The third-order valence-electron chi connectivity index (χ3n) is 2.75. The van der Waals surface area contributed by atoms with Crippen molar-refractivity contribution in [2.75, 3.05) is 11.8 Å². The molecule has 2 aromatic rings. The van der Waals surface area contributed by atoms with E-state index < -0.39 is 26.5 Å². The highest BCUT2D eigenvalue weighted by Crippen LogP contribution is 2.30. The summed E-state index contributed by atoms with van der Waals surface area (Å²) in [6.07, 6.45) is 0. The van der Waals surface area contributed by atoms with Crippen LogP contribution in [0.3, 0.4) is 0 Å². The summed E-state index contributed by atoms with van der Waals surface area (Å²) >= 11 is 0. The van der Waals surface area contributed by atoms with Gasteiger partial charge in [-0.1, -0.05) is 6.07 Å². The molecule has 0 spiro atoms. The second-order valence-electron chi connectivity index (χ2n) is 4.20. The first-order chi connectivity index (χ1) is 10.3. The van der Waals surface area contributed by atoms with E-state index in [9.17, 15) is 22.9 Å². The van der Waals surface area contributed by atoms with Crippen molar-refractivity contribution in [1.82, 2.24) is 0 Å². The van der Waals surface area contributed by atoms with Crippen molar-refractivity contribution >= 4 is 21.4 Å². The van der Waals surface area contributed by atoms with Crippen molar-refractivity contribution < 1.29 is 22.5 Å². The number of rotatable bonds is 5. The Morgan fingerprint density at radius 2 is 1.95 bits per heavy atom. The van der Waals surface area contributed by atoms with E-state index in [1.54, 1.807) is 0 Å². The fraction of sp³-hybridized carbons (Fsp3) is 0.0769. The van der Waals surface area contributed by atoms with Gasteiger partial charge in [-0.3, -0.25) is 14.8 Å². The molecule has 9 heteroatoms. The molecule has 0 aliphatic rings. The maximum Gasteiger partial charge on any atom is 0.297 e. The molecule has 0 saturated heterocycles. The molecule has 22 heavy (non-hydrogen) atoms. The first-order valence-corrected chi connectivity index (χ1v) is 7.42. The summed E-state index contributed by atoms with van der Waals surface area (Å²) in [6.45, 7) is 0. The SMILES string of the molecule is COc1ccc(NS(=O)(=O)c2cccc(F)c2)c([N+](=O)[O-])c1. The van der Waals surface area contributed by atoms with Crippen LogP contribution in [0.1, 0.15) is 0 Å². The quantitative estimate of drug-likeness (QED) is 0.672. The van der Waals surface area contributed by atoms with Crippen molar-refractivity contribution in [2.45, 2.75) is 4.90 Å². The molecule has 0 radical (unpaired) electrons. The second kappa shape index (κ2) is 5.98. The van der Waals surface area contributed by atoms with Gasteiger partial charge < -0.3 is 4.74 Å². The number of hydrogen-bond acceptors (Lipinski definition) is 5.